The summed E-state index contributed by atoms with van der Waals surface area (Å²) in [4.78, 5) is 32.2. The van der Waals surface area contributed by atoms with Crippen molar-refractivity contribution in [2.24, 2.45) is 5.92 Å². The van der Waals surface area contributed by atoms with Gasteiger partial charge in [-0.05, 0) is 25.7 Å². The molecule has 0 spiro atoms. The number of fused-ring (bicyclic) bond motifs is 1. The summed E-state index contributed by atoms with van der Waals surface area (Å²) < 4.78 is 0. The van der Waals surface area contributed by atoms with Crippen LogP contribution in [0.3, 0.4) is 0 Å². The predicted molar refractivity (Wildman–Crippen MR) is 97.6 cm³/mol. The molecular weight excluding hydrogens is 336 g/mol. The second-order valence-corrected chi connectivity index (χ2v) is 8.55. The van der Waals surface area contributed by atoms with Gasteiger partial charge in [0.2, 0.25) is 5.91 Å². The molecule has 1 aromatic rings. The Bertz CT molecular complexity index is 650. The van der Waals surface area contributed by atoms with Gasteiger partial charge in [-0.15, -0.1) is 0 Å². The maximum absolute atomic E-state index is 12.5. The molecule has 2 N–H and O–H groups in total. The van der Waals surface area contributed by atoms with Crippen LogP contribution >= 0.6 is 11.3 Å². The SMILES string of the molecule is O=C(Nc1nc2c(s1)CN(C(=O)NC1CCCCC1)CC2)C1CCC1. The van der Waals surface area contributed by atoms with Crippen molar-refractivity contribution in [1.82, 2.24) is 15.2 Å². The summed E-state index contributed by atoms with van der Waals surface area (Å²) in [5.74, 6) is 0.267. The Morgan fingerprint density at radius 2 is 1.88 bits per heavy atom. The molecule has 25 heavy (non-hydrogen) atoms. The summed E-state index contributed by atoms with van der Waals surface area (Å²) in [7, 11) is 0. The number of rotatable bonds is 3. The number of nitrogens with one attached hydrogen (secondary N) is 2. The number of urea groups is 1. The minimum absolute atomic E-state index is 0.0472. The zero-order chi connectivity index (χ0) is 17.2. The Labute approximate surface area is 152 Å². The number of amides is 3. The number of nitrogens with zero attached hydrogens (tertiary/aromatic N) is 2. The van der Waals surface area contributed by atoms with Crippen LogP contribution in [0.1, 0.15) is 61.9 Å². The van der Waals surface area contributed by atoms with Crippen LogP contribution in [-0.4, -0.2) is 34.4 Å². The predicted octanol–water partition coefficient (Wildman–Crippen LogP) is 3.28. The van der Waals surface area contributed by atoms with E-state index in [0.29, 0.717) is 24.3 Å². The Morgan fingerprint density at radius 3 is 2.60 bits per heavy atom. The van der Waals surface area contributed by atoms with E-state index >= 15 is 0 Å². The number of thiazole rings is 1. The third kappa shape index (κ3) is 3.81. The van der Waals surface area contributed by atoms with Crippen molar-refractivity contribution >= 4 is 28.4 Å². The van der Waals surface area contributed by atoms with Crippen LogP contribution < -0.4 is 10.6 Å². The second-order valence-electron chi connectivity index (χ2n) is 7.46. The first-order chi connectivity index (χ1) is 12.2. The van der Waals surface area contributed by atoms with Crippen molar-refractivity contribution in [3.8, 4) is 0 Å². The van der Waals surface area contributed by atoms with E-state index in [-0.39, 0.29) is 17.9 Å². The third-order valence-corrected chi connectivity index (χ3v) is 6.66. The molecule has 2 saturated carbocycles. The van der Waals surface area contributed by atoms with Gasteiger partial charge in [-0.3, -0.25) is 4.79 Å². The van der Waals surface area contributed by atoms with Gasteiger partial charge in [-0.25, -0.2) is 9.78 Å². The van der Waals surface area contributed by atoms with Gasteiger partial charge in [0.25, 0.3) is 0 Å². The van der Waals surface area contributed by atoms with E-state index in [4.69, 9.17) is 0 Å². The summed E-state index contributed by atoms with van der Waals surface area (Å²) in [6, 6.07) is 0.382. The number of hydrogen-bond acceptors (Lipinski definition) is 4. The van der Waals surface area contributed by atoms with Crippen molar-refractivity contribution in [2.45, 2.75) is 70.4 Å². The third-order valence-electron chi connectivity index (χ3n) is 5.66. The average Bonchev–Trinajstić information content (AvgIpc) is 2.95. The molecule has 2 fully saturated rings. The largest absolute Gasteiger partial charge is 0.335 e. The molecule has 1 aromatic heterocycles. The van der Waals surface area contributed by atoms with Crippen LogP contribution in [0.15, 0.2) is 0 Å². The van der Waals surface area contributed by atoms with Gasteiger partial charge in [0.05, 0.1) is 12.2 Å². The van der Waals surface area contributed by atoms with Gasteiger partial charge in [-0.1, -0.05) is 37.0 Å². The smallest absolute Gasteiger partial charge is 0.317 e. The number of carbonyl (C=O) groups excluding carboxylic acids is 2. The van der Waals surface area contributed by atoms with E-state index in [1.807, 2.05) is 4.90 Å². The van der Waals surface area contributed by atoms with E-state index in [0.717, 1.165) is 49.1 Å². The normalized spacial score (nSPS) is 21.4. The fourth-order valence-corrected chi connectivity index (χ4v) is 4.84. The number of aromatic nitrogens is 1. The Balaban J connectivity index is 1.34. The molecule has 2 heterocycles. The van der Waals surface area contributed by atoms with Gasteiger partial charge in [-0.2, -0.15) is 0 Å². The number of hydrogen-bond donors (Lipinski definition) is 2. The average molecular weight is 362 g/mol. The van der Waals surface area contributed by atoms with E-state index < -0.39 is 0 Å². The van der Waals surface area contributed by atoms with E-state index in [1.165, 1.54) is 30.6 Å². The summed E-state index contributed by atoms with van der Waals surface area (Å²) in [6.45, 7) is 1.30. The van der Waals surface area contributed by atoms with Gasteiger partial charge in [0.1, 0.15) is 0 Å². The highest BCUT2D eigenvalue weighted by Gasteiger charge is 2.28. The summed E-state index contributed by atoms with van der Waals surface area (Å²) >= 11 is 1.52. The fourth-order valence-electron chi connectivity index (χ4n) is 3.81. The van der Waals surface area contributed by atoms with Crippen molar-refractivity contribution in [2.75, 3.05) is 11.9 Å². The maximum atomic E-state index is 12.5. The molecule has 136 valence electrons. The highest BCUT2D eigenvalue weighted by atomic mass is 32.1. The van der Waals surface area contributed by atoms with Crippen molar-refractivity contribution < 1.29 is 9.59 Å². The summed E-state index contributed by atoms with van der Waals surface area (Å²) in [6.07, 6.45) is 9.82. The summed E-state index contributed by atoms with van der Waals surface area (Å²) in [5.41, 5.74) is 1.04. The first-order valence-electron chi connectivity index (χ1n) is 9.54. The quantitative estimate of drug-likeness (QED) is 0.866. The molecule has 0 saturated heterocycles. The highest BCUT2D eigenvalue weighted by molar-refractivity contribution is 7.15. The Morgan fingerprint density at radius 1 is 1.08 bits per heavy atom. The lowest BCUT2D eigenvalue weighted by molar-refractivity contribution is -0.122. The molecule has 3 aliphatic rings. The topological polar surface area (TPSA) is 74.3 Å². The molecule has 0 aromatic carbocycles. The van der Waals surface area contributed by atoms with Gasteiger partial charge >= 0.3 is 6.03 Å². The van der Waals surface area contributed by atoms with Crippen LogP contribution in [0.5, 0.6) is 0 Å². The lowest BCUT2D eigenvalue weighted by Gasteiger charge is -2.30. The molecule has 0 radical (unpaired) electrons. The molecule has 0 atom stereocenters. The second kappa shape index (κ2) is 7.32. The highest BCUT2D eigenvalue weighted by Crippen LogP contribution is 2.31. The van der Waals surface area contributed by atoms with Crippen LogP contribution in [0.2, 0.25) is 0 Å². The van der Waals surface area contributed by atoms with Gasteiger partial charge in [0, 0.05) is 29.8 Å². The molecular formula is C18H26N4O2S. The van der Waals surface area contributed by atoms with Gasteiger partial charge < -0.3 is 15.5 Å². The van der Waals surface area contributed by atoms with Gasteiger partial charge in [0.15, 0.2) is 5.13 Å². The van der Waals surface area contributed by atoms with E-state index in [1.54, 1.807) is 0 Å². The Kier molecular flexibility index (Phi) is 4.92. The minimum atomic E-state index is 0.0472. The monoisotopic (exact) mass is 362 g/mol. The van der Waals surface area contributed by atoms with Crippen molar-refractivity contribution in [1.29, 1.82) is 0 Å². The maximum Gasteiger partial charge on any atom is 0.317 e. The fraction of sp³-hybridized carbons (Fsp3) is 0.722. The summed E-state index contributed by atoms with van der Waals surface area (Å²) in [5, 5.41) is 6.84. The molecule has 3 amide bonds. The van der Waals surface area contributed by atoms with E-state index in [2.05, 4.69) is 15.6 Å². The lowest BCUT2D eigenvalue weighted by Crippen LogP contribution is -2.47. The molecule has 7 heteroatoms. The molecule has 4 rings (SSSR count). The molecule has 0 unspecified atom stereocenters. The molecule has 1 aliphatic heterocycles. The van der Waals surface area contributed by atoms with E-state index in [9.17, 15) is 9.59 Å². The number of anilines is 1. The first kappa shape index (κ1) is 16.8. The standard InChI is InChI=1S/C18H26N4O2S/c23-16(12-5-4-6-12)21-17-20-14-9-10-22(11-15(14)25-17)18(24)19-13-7-2-1-3-8-13/h12-13H,1-11H2,(H,19,24)(H,20,21,23). The van der Waals surface area contributed by atoms with Crippen LogP contribution in [0.25, 0.3) is 0 Å². The lowest BCUT2D eigenvalue weighted by atomic mass is 9.85. The van der Waals surface area contributed by atoms with Crippen LogP contribution in [0, 0.1) is 5.92 Å². The van der Waals surface area contributed by atoms with Crippen LogP contribution in [-0.2, 0) is 17.8 Å². The molecule has 6 nitrogen and oxygen atoms in total. The molecule has 2 aliphatic carbocycles. The molecule has 0 bridgehead atoms. The zero-order valence-corrected chi connectivity index (χ0v) is 15.4. The zero-order valence-electron chi connectivity index (χ0n) is 14.6. The minimum Gasteiger partial charge on any atom is -0.335 e. The first-order valence-corrected chi connectivity index (χ1v) is 10.4. The Hall–Kier alpha value is -1.63. The van der Waals surface area contributed by atoms with Crippen molar-refractivity contribution in [3.63, 3.8) is 0 Å². The number of carbonyl (C=O) groups is 2. The van der Waals surface area contributed by atoms with Crippen molar-refractivity contribution in [3.05, 3.63) is 10.6 Å². The van der Waals surface area contributed by atoms with Crippen LogP contribution in [0.4, 0.5) is 9.93 Å².